The van der Waals surface area contributed by atoms with Crippen molar-refractivity contribution < 1.29 is 27.2 Å². The van der Waals surface area contributed by atoms with E-state index in [1.165, 1.54) is 36.6 Å². The van der Waals surface area contributed by atoms with Crippen LogP contribution >= 0.6 is 0 Å². The fourth-order valence-corrected chi connectivity index (χ4v) is 5.57. The third-order valence-corrected chi connectivity index (χ3v) is 8.44. The van der Waals surface area contributed by atoms with Crippen molar-refractivity contribution in [3.05, 3.63) is 66.1 Å². The topological polar surface area (TPSA) is 138 Å². The second-order valence-corrected chi connectivity index (χ2v) is 11.6. The lowest BCUT2D eigenvalue weighted by Gasteiger charge is -2.32. The maximum absolute atomic E-state index is 14.8. The van der Waals surface area contributed by atoms with E-state index in [1.807, 2.05) is 6.92 Å². The molecule has 2 atom stereocenters. The van der Waals surface area contributed by atoms with Crippen LogP contribution in [0.25, 0.3) is 22.2 Å². The molecule has 47 heavy (non-hydrogen) atoms. The SMILES string of the molecule is CNC(=O)c1ccnc2c(C(C)[C@H](C)CNc3cc(-c4cnc(NC5CCN(C(=O)CC(F)(F)F)CC5)nc4)ncn3)ccc(F)c12. The standard InChI is InChI=1S/C32H35F4N9O2/c1-18(19(2)22-4-5-24(33)28-23(30(47)37-3)6-9-38-29(22)28)14-39-26-12-25(42-17-43-26)20-15-40-31(41-16-20)44-21-7-10-45(11-8-21)27(46)13-32(34,35)36/h4-6,9,12,15-19,21H,7-8,10-11,13-14H2,1-3H3,(H,37,47)(H,39,42,43)(H,40,41,44)/t18-,19?/m1/s1. The van der Waals surface area contributed by atoms with Crippen molar-refractivity contribution in [2.45, 2.75) is 51.2 Å². The normalized spacial score (nSPS) is 15.3. The molecule has 1 aromatic carbocycles. The number of anilines is 2. The van der Waals surface area contributed by atoms with Gasteiger partial charge in [0.05, 0.1) is 16.8 Å². The van der Waals surface area contributed by atoms with Gasteiger partial charge in [-0.15, -0.1) is 0 Å². The third kappa shape index (κ3) is 8.07. The molecule has 5 rings (SSSR count). The highest BCUT2D eigenvalue weighted by Gasteiger charge is 2.34. The molecule has 0 spiro atoms. The second kappa shape index (κ2) is 14.2. The first kappa shape index (κ1) is 33.4. The number of benzene rings is 1. The summed E-state index contributed by atoms with van der Waals surface area (Å²) in [5.74, 6) is -0.809. The van der Waals surface area contributed by atoms with Crippen LogP contribution in [-0.2, 0) is 4.79 Å². The van der Waals surface area contributed by atoms with Gasteiger partial charge in [0.25, 0.3) is 5.91 Å². The Morgan fingerprint density at radius 3 is 2.43 bits per heavy atom. The number of amides is 2. The molecule has 1 aliphatic heterocycles. The fraction of sp³-hybridized carbons (Fsp3) is 0.406. The lowest BCUT2D eigenvalue weighted by Crippen LogP contribution is -2.43. The number of hydrogen-bond donors (Lipinski definition) is 3. The Bertz CT molecular complexity index is 1730. The number of alkyl halides is 3. The minimum atomic E-state index is -4.51. The number of hydrogen-bond acceptors (Lipinski definition) is 9. The van der Waals surface area contributed by atoms with Crippen molar-refractivity contribution in [2.24, 2.45) is 5.92 Å². The summed E-state index contributed by atoms with van der Waals surface area (Å²) in [6.07, 6.45) is 1.19. The molecule has 0 saturated carbocycles. The summed E-state index contributed by atoms with van der Waals surface area (Å²) < 4.78 is 52.5. The summed E-state index contributed by atoms with van der Waals surface area (Å²) >= 11 is 0. The maximum Gasteiger partial charge on any atom is 0.397 e. The predicted octanol–water partition coefficient (Wildman–Crippen LogP) is 5.19. The van der Waals surface area contributed by atoms with Gasteiger partial charge >= 0.3 is 6.18 Å². The van der Waals surface area contributed by atoms with Gasteiger partial charge in [-0.2, -0.15) is 13.2 Å². The Kier molecular flexibility index (Phi) is 10.1. The first-order chi connectivity index (χ1) is 22.4. The number of nitrogens with zero attached hydrogens (tertiary/aromatic N) is 6. The number of pyridine rings is 1. The molecule has 0 aliphatic carbocycles. The number of nitrogens with one attached hydrogen (secondary N) is 3. The van der Waals surface area contributed by atoms with E-state index in [1.54, 1.807) is 24.5 Å². The highest BCUT2D eigenvalue weighted by Crippen LogP contribution is 2.33. The van der Waals surface area contributed by atoms with Crippen molar-refractivity contribution in [3.8, 4) is 11.3 Å². The van der Waals surface area contributed by atoms with E-state index in [0.29, 0.717) is 47.9 Å². The Hall–Kier alpha value is -4.95. The molecule has 1 aliphatic rings. The fourth-order valence-electron chi connectivity index (χ4n) is 5.57. The van der Waals surface area contributed by atoms with Crippen LogP contribution in [0.5, 0.6) is 0 Å². The minimum Gasteiger partial charge on any atom is -0.370 e. The molecule has 0 bridgehead atoms. The molecule has 4 heterocycles. The molecule has 2 amide bonds. The molecule has 15 heteroatoms. The van der Waals surface area contributed by atoms with Crippen LogP contribution < -0.4 is 16.0 Å². The van der Waals surface area contributed by atoms with E-state index in [4.69, 9.17) is 0 Å². The van der Waals surface area contributed by atoms with Gasteiger partial charge in [0.1, 0.15) is 24.4 Å². The van der Waals surface area contributed by atoms with E-state index in [2.05, 4.69) is 47.8 Å². The van der Waals surface area contributed by atoms with Crippen molar-refractivity contribution in [3.63, 3.8) is 0 Å². The Morgan fingerprint density at radius 2 is 1.74 bits per heavy atom. The van der Waals surface area contributed by atoms with Gasteiger partial charge < -0.3 is 20.9 Å². The predicted molar refractivity (Wildman–Crippen MR) is 168 cm³/mol. The van der Waals surface area contributed by atoms with Crippen LogP contribution in [0, 0.1) is 11.7 Å². The summed E-state index contributed by atoms with van der Waals surface area (Å²) in [7, 11) is 1.50. The van der Waals surface area contributed by atoms with E-state index < -0.39 is 24.3 Å². The number of aromatic nitrogens is 5. The van der Waals surface area contributed by atoms with Crippen LogP contribution in [0.15, 0.2) is 49.2 Å². The first-order valence-corrected chi connectivity index (χ1v) is 15.2. The molecule has 3 N–H and O–H groups in total. The van der Waals surface area contributed by atoms with Crippen molar-refractivity contribution in [1.29, 1.82) is 0 Å². The van der Waals surface area contributed by atoms with Crippen molar-refractivity contribution >= 4 is 34.5 Å². The lowest BCUT2D eigenvalue weighted by molar-refractivity contribution is -0.162. The first-order valence-electron chi connectivity index (χ1n) is 15.2. The summed E-state index contributed by atoms with van der Waals surface area (Å²) in [4.78, 5) is 47.3. The average molecular weight is 654 g/mol. The number of rotatable bonds is 10. The number of halogens is 4. The number of likely N-dealkylation sites (tertiary alicyclic amines) is 1. The Balaban J connectivity index is 1.18. The molecular weight excluding hydrogens is 618 g/mol. The minimum absolute atomic E-state index is 0.0413. The molecule has 1 unspecified atom stereocenters. The number of piperidine rings is 1. The number of fused-ring (bicyclic) bond motifs is 1. The van der Waals surface area contributed by atoms with Crippen LogP contribution in [0.2, 0.25) is 0 Å². The quantitative estimate of drug-likeness (QED) is 0.198. The third-order valence-electron chi connectivity index (χ3n) is 8.44. The van der Waals surface area contributed by atoms with E-state index in [9.17, 15) is 27.2 Å². The molecule has 1 saturated heterocycles. The molecule has 4 aromatic rings. The van der Waals surface area contributed by atoms with Gasteiger partial charge in [-0.3, -0.25) is 14.6 Å². The highest BCUT2D eigenvalue weighted by molar-refractivity contribution is 6.06. The van der Waals surface area contributed by atoms with E-state index >= 15 is 0 Å². The molecule has 3 aromatic heterocycles. The van der Waals surface area contributed by atoms with Gasteiger partial charge in [0.15, 0.2) is 0 Å². The molecular formula is C32H35F4N9O2. The second-order valence-electron chi connectivity index (χ2n) is 11.6. The monoisotopic (exact) mass is 653 g/mol. The number of carbonyl (C=O) groups is 2. The van der Waals surface area contributed by atoms with Gasteiger partial charge in [0, 0.05) is 68.3 Å². The van der Waals surface area contributed by atoms with E-state index in [-0.39, 0.29) is 47.8 Å². The smallest absolute Gasteiger partial charge is 0.370 e. The Labute approximate surface area is 268 Å². The molecule has 0 radical (unpaired) electrons. The van der Waals surface area contributed by atoms with Gasteiger partial charge in [-0.25, -0.2) is 24.3 Å². The van der Waals surface area contributed by atoms with Gasteiger partial charge in [-0.05, 0) is 42.4 Å². The van der Waals surface area contributed by atoms with Crippen molar-refractivity contribution in [2.75, 3.05) is 37.3 Å². The number of carbonyl (C=O) groups excluding carboxylic acids is 2. The van der Waals surface area contributed by atoms with Crippen LogP contribution in [0.4, 0.5) is 29.3 Å². The summed E-state index contributed by atoms with van der Waals surface area (Å²) in [6, 6.07) is 6.30. The summed E-state index contributed by atoms with van der Waals surface area (Å²) in [6.45, 7) is 5.08. The van der Waals surface area contributed by atoms with Crippen LogP contribution in [0.3, 0.4) is 0 Å². The van der Waals surface area contributed by atoms with Crippen molar-refractivity contribution in [1.82, 2.24) is 35.1 Å². The van der Waals surface area contributed by atoms with Gasteiger partial charge in [-0.1, -0.05) is 19.9 Å². The van der Waals surface area contributed by atoms with E-state index in [0.717, 1.165) is 5.56 Å². The summed E-state index contributed by atoms with van der Waals surface area (Å²) in [5, 5.41) is 9.28. The maximum atomic E-state index is 14.8. The molecule has 11 nitrogen and oxygen atoms in total. The summed E-state index contributed by atoms with van der Waals surface area (Å²) in [5.41, 5.74) is 2.77. The zero-order chi connectivity index (χ0) is 33.7. The Morgan fingerprint density at radius 1 is 1.02 bits per heavy atom. The molecule has 248 valence electrons. The zero-order valence-corrected chi connectivity index (χ0v) is 26.1. The largest absolute Gasteiger partial charge is 0.397 e. The lowest BCUT2D eigenvalue weighted by atomic mass is 9.86. The highest BCUT2D eigenvalue weighted by atomic mass is 19.4. The zero-order valence-electron chi connectivity index (χ0n) is 26.1. The molecule has 1 fully saturated rings. The van der Waals surface area contributed by atoms with Gasteiger partial charge in [0.2, 0.25) is 11.9 Å². The van der Waals surface area contributed by atoms with Crippen LogP contribution in [0.1, 0.15) is 54.9 Å². The average Bonchev–Trinajstić information content (AvgIpc) is 3.06. The van der Waals surface area contributed by atoms with Crippen LogP contribution in [-0.4, -0.2) is 80.5 Å².